The van der Waals surface area contributed by atoms with E-state index in [1.807, 2.05) is 13.8 Å². The summed E-state index contributed by atoms with van der Waals surface area (Å²) < 4.78 is 0. The maximum atomic E-state index is 11.3. The highest BCUT2D eigenvalue weighted by Crippen LogP contribution is 2.31. The van der Waals surface area contributed by atoms with E-state index >= 15 is 0 Å². The predicted molar refractivity (Wildman–Crippen MR) is 60.1 cm³/mol. The van der Waals surface area contributed by atoms with Gasteiger partial charge >= 0.3 is 5.97 Å². The first-order valence-electron chi connectivity index (χ1n) is 5.74. The molecular formula is C11H20N2O3. The van der Waals surface area contributed by atoms with Gasteiger partial charge in [-0.2, -0.15) is 0 Å². The van der Waals surface area contributed by atoms with Crippen molar-refractivity contribution in [2.75, 3.05) is 6.54 Å². The number of nitrogens with one attached hydrogen (secondary N) is 2. The zero-order valence-electron chi connectivity index (χ0n) is 9.88. The third kappa shape index (κ3) is 3.20. The normalized spacial score (nSPS) is 17.9. The van der Waals surface area contributed by atoms with Gasteiger partial charge in [0.15, 0.2) is 0 Å². The van der Waals surface area contributed by atoms with Crippen molar-refractivity contribution in [2.45, 2.75) is 51.1 Å². The fourth-order valence-corrected chi connectivity index (χ4v) is 1.81. The molecule has 0 heterocycles. The molecule has 5 nitrogen and oxygen atoms in total. The number of aliphatic carboxylic acids is 1. The van der Waals surface area contributed by atoms with E-state index < -0.39 is 11.5 Å². The largest absolute Gasteiger partial charge is 0.480 e. The van der Waals surface area contributed by atoms with Crippen LogP contribution in [0.4, 0.5) is 0 Å². The lowest BCUT2D eigenvalue weighted by Gasteiger charge is -2.38. The van der Waals surface area contributed by atoms with Gasteiger partial charge in [-0.15, -0.1) is 0 Å². The Morgan fingerprint density at radius 1 is 1.38 bits per heavy atom. The topological polar surface area (TPSA) is 78.4 Å². The summed E-state index contributed by atoms with van der Waals surface area (Å²) >= 11 is 0. The van der Waals surface area contributed by atoms with E-state index in [2.05, 4.69) is 10.6 Å². The molecule has 0 saturated heterocycles. The average Bonchev–Trinajstić information content (AvgIpc) is 2.07. The van der Waals surface area contributed by atoms with Crippen LogP contribution in [-0.4, -0.2) is 35.1 Å². The Balaban J connectivity index is 2.24. The lowest BCUT2D eigenvalue weighted by Crippen LogP contribution is -2.57. The van der Waals surface area contributed by atoms with Gasteiger partial charge < -0.3 is 15.7 Å². The summed E-state index contributed by atoms with van der Waals surface area (Å²) in [6, 6.07) is 0.129. The van der Waals surface area contributed by atoms with Gasteiger partial charge in [0, 0.05) is 19.0 Å². The Hall–Kier alpha value is -1.10. The fraction of sp³-hybridized carbons (Fsp3) is 0.818. The predicted octanol–water partition coefficient (Wildman–Crippen LogP) is 0.498. The highest BCUT2D eigenvalue weighted by Gasteiger charge is 2.43. The molecule has 0 bridgehead atoms. The molecule has 3 N–H and O–H groups in total. The van der Waals surface area contributed by atoms with Gasteiger partial charge in [-0.25, -0.2) is 0 Å². The van der Waals surface area contributed by atoms with Crippen molar-refractivity contribution in [1.82, 2.24) is 10.6 Å². The Bertz CT molecular complexity index is 272. The van der Waals surface area contributed by atoms with Crippen molar-refractivity contribution in [1.29, 1.82) is 0 Å². The van der Waals surface area contributed by atoms with Crippen LogP contribution < -0.4 is 10.6 Å². The van der Waals surface area contributed by atoms with E-state index in [0.717, 1.165) is 6.42 Å². The molecule has 16 heavy (non-hydrogen) atoms. The Kier molecular flexibility index (Phi) is 4.29. The monoisotopic (exact) mass is 228 g/mol. The third-order valence-electron chi connectivity index (χ3n) is 2.88. The third-order valence-corrected chi connectivity index (χ3v) is 2.88. The highest BCUT2D eigenvalue weighted by molar-refractivity contribution is 5.80. The van der Waals surface area contributed by atoms with Crippen molar-refractivity contribution < 1.29 is 14.7 Å². The second-order valence-electron chi connectivity index (χ2n) is 4.64. The summed E-state index contributed by atoms with van der Waals surface area (Å²) in [5, 5.41) is 14.8. The van der Waals surface area contributed by atoms with Crippen LogP contribution in [0, 0.1) is 0 Å². The van der Waals surface area contributed by atoms with Gasteiger partial charge in [0.2, 0.25) is 5.91 Å². The highest BCUT2D eigenvalue weighted by atomic mass is 16.4. The standard InChI is InChI=1S/C11H20N2O3/c1-8(2)13-9(14)4-7-12-11(10(15)16)5-3-6-11/h8,12H,3-7H2,1-2H3,(H,13,14)(H,15,16). The molecule has 0 radical (unpaired) electrons. The Labute approximate surface area is 95.6 Å². The van der Waals surface area contributed by atoms with E-state index in [9.17, 15) is 9.59 Å². The van der Waals surface area contributed by atoms with Gasteiger partial charge in [-0.1, -0.05) is 0 Å². The molecule has 1 fully saturated rings. The van der Waals surface area contributed by atoms with Crippen LogP contribution in [0.1, 0.15) is 39.5 Å². The summed E-state index contributed by atoms with van der Waals surface area (Å²) in [4.78, 5) is 22.3. The number of rotatable bonds is 6. The number of amides is 1. The molecule has 5 heteroatoms. The molecule has 0 unspecified atom stereocenters. The van der Waals surface area contributed by atoms with E-state index in [1.54, 1.807) is 0 Å². The molecule has 92 valence electrons. The van der Waals surface area contributed by atoms with E-state index in [1.165, 1.54) is 0 Å². The molecule has 1 rings (SSSR count). The molecule has 0 aliphatic heterocycles. The maximum Gasteiger partial charge on any atom is 0.323 e. The summed E-state index contributed by atoms with van der Waals surface area (Å²) in [7, 11) is 0. The number of carboxylic acid groups (broad SMARTS) is 1. The van der Waals surface area contributed by atoms with Gasteiger partial charge in [0.1, 0.15) is 5.54 Å². The maximum absolute atomic E-state index is 11.3. The zero-order valence-corrected chi connectivity index (χ0v) is 9.88. The molecule has 1 amide bonds. The van der Waals surface area contributed by atoms with Gasteiger partial charge in [-0.05, 0) is 33.1 Å². The number of carboxylic acids is 1. The van der Waals surface area contributed by atoms with Crippen LogP contribution in [0.15, 0.2) is 0 Å². The van der Waals surface area contributed by atoms with Crippen molar-refractivity contribution in [2.24, 2.45) is 0 Å². The molecule has 0 spiro atoms. The summed E-state index contributed by atoms with van der Waals surface area (Å²) in [5.41, 5.74) is -0.766. The molecule has 0 atom stereocenters. The van der Waals surface area contributed by atoms with Gasteiger partial charge in [0.25, 0.3) is 0 Å². The molecule has 0 aromatic carbocycles. The Morgan fingerprint density at radius 2 is 2.00 bits per heavy atom. The zero-order chi connectivity index (χ0) is 12.2. The van der Waals surface area contributed by atoms with Crippen molar-refractivity contribution in [3.8, 4) is 0 Å². The van der Waals surface area contributed by atoms with E-state index in [0.29, 0.717) is 25.8 Å². The smallest absolute Gasteiger partial charge is 0.323 e. The second kappa shape index (κ2) is 5.30. The first-order valence-corrected chi connectivity index (χ1v) is 5.74. The minimum atomic E-state index is -0.803. The Morgan fingerprint density at radius 3 is 2.38 bits per heavy atom. The second-order valence-corrected chi connectivity index (χ2v) is 4.64. The molecule has 1 aliphatic carbocycles. The van der Waals surface area contributed by atoms with Crippen molar-refractivity contribution in [3.63, 3.8) is 0 Å². The SMILES string of the molecule is CC(C)NC(=O)CCNC1(C(=O)O)CCC1. The minimum Gasteiger partial charge on any atom is -0.480 e. The lowest BCUT2D eigenvalue weighted by molar-refractivity contribution is -0.149. The number of hydrogen-bond donors (Lipinski definition) is 3. The first-order chi connectivity index (χ1) is 7.46. The van der Waals surface area contributed by atoms with Crippen LogP contribution in [0.3, 0.4) is 0 Å². The summed E-state index contributed by atoms with van der Waals surface area (Å²) in [5.74, 6) is -0.842. The van der Waals surface area contributed by atoms with Crippen LogP contribution in [0.25, 0.3) is 0 Å². The summed E-state index contributed by atoms with van der Waals surface area (Å²) in [6.45, 7) is 4.22. The minimum absolute atomic E-state index is 0.0395. The van der Waals surface area contributed by atoms with Crippen LogP contribution in [0.2, 0.25) is 0 Å². The van der Waals surface area contributed by atoms with Gasteiger partial charge in [0.05, 0.1) is 0 Å². The molecule has 1 aliphatic rings. The number of hydrogen-bond acceptors (Lipinski definition) is 3. The molecule has 0 aromatic heterocycles. The number of carbonyl (C=O) groups excluding carboxylic acids is 1. The van der Waals surface area contributed by atoms with E-state index in [-0.39, 0.29) is 11.9 Å². The van der Waals surface area contributed by atoms with Crippen LogP contribution >= 0.6 is 0 Å². The lowest BCUT2D eigenvalue weighted by atomic mass is 9.77. The summed E-state index contributed by atoms with van der Waals surface area (Å²) in [6.07, 6.45) is 2.59. The fourth-order valence-electron chi connectivity index (χ4n) is 1.81. The average molecular weight is 228 g/mol. The van der Waals surface area contributed by atoms with Crippen molar-refractivity contribution >= 4 is 11.9 Å². The molecular weight excluding hydrogens is 208 g/mol. The van der Waals surface area contributed by atoms with Crippen LogP contribution in [0.5, 0.6) is 0 Å². The van der Waals surface area contributed by atoms with Gasteiger partial charge in [-0.3, -0.25) is 9.59 Å². The van der Waals surface area contributed by atoms with Crippen molar-refractivity contribution in [3.05, 3.63) is 0 Å². The van der Waals surface area contributed by atoms with Crippen LogP contribution in [-0.2, 0) is 9.59 Å². The number of carbonyl (C=O) groups is 2. The van der Waals surface area contributed by atoms with E-state index in [4.69, 9.17) is 5.11 Å². The molecule has 1 saturated carbocycles. The molecule has 0 aromatic rings. The quantitative estimate of drug-likeness (QED) is 0.618. The first kappa shape index (κ1) is 13.0.